The Balaban J connectivity index is 2.90. The van der Waals surface area contributed by atoms with Gasteiger partial charge < -0.3 is 5.32 Å². The summed E-state index contributed by atoms with van der Waals surface area (Å²) in [7, 11) is 0. The first-order chi connectivity index (χ1) is 8.35. The molecule has 0 amide bonds. The highest BCUT2D eigenvalue weighted by molar-refractivity contribution is 5.36. The Morgan fingerprint density at radius 2 is 1.67 bits per heavy atom. The van der Waals surface area contributed by atoms with Crippen LogP contribution in [-0.4, -0.2) is 6.54 Å². The van der Waals surface area contributed by atoms with Crippen molar-refractivity contribution in [2.75, 3.05) is 6.54 Å². The molecule has 0 aliphatic rings. The SMILES string of the molecule is CCNC(CCC(C)(C)C)c1c(C)cccc1C. The van der Waals surface area contributed by atoms with Crippen LogP contribution in [0.3, 0.4) is 0 Å². The van der Waals surface area contributed by atoms with Gasteiger partial charge in [-0.15, -0.1) is 0 Å². The molecule has 0 saturated heterocycles. The lowest BCUT2D eigenvalue weighted by Crippen LogP contribution is -2.24. The van der Waals surface area contributed by atoms with E-state index in [9.17, 15) is 0 Å². The molecule has 1 N–H and O–H groups in total. The van der Waals surface area contributed by atoms with E-state index in [1.54, 1.807) is 0 Å². The van der Waals surface area contributed by atoms with E-state index in [0.717, 1.165) is 6.54 Å². The fraction of sp³-hybridized carbons (Fsp3) is 0.647. The standard InChI is InChI=1S/C17H29N/c1-7-18-15(11-12-17(4,5)6)16-13(2)9-8-10-14(16)3/h8-10,15,18H,7,11-12H2,1-6H3. The van der Waals surface area contributed by atoms with E-state index < -0.39 is 0 Å². The maximum Gasteiger partial charge on any atom is 0.0325 e. The first-order valence-electron chi connectivity index (χ1n) is 7.14. The van der Waals surface area contributed by atoms with Crippen LogP contribution in [0.25, 0.3) is 0 Å². The molecule has 0 bridgehead atoms. The minimum absolute atomic E-state index is 0.407. The van der Waals surface area contributed by atoms with Crippen molar-refractivity contribution in [1.29, 1.82) is 0 Å². The molecule has 18 heavy (non-hydrogen) atoms. The molecule has 0 aromatic heterocycles. The second kappa shape index (κ2) is 6.38. The van der Waals surface area contributed by atoms with Gasteiger partial charge >= 0.3 is 0 Å². The lowest BCUT2D eigenvalue weighted by molar-refractivity contribution is 0.333. The summed E-state index contributed by atoms with van der Waals surface area (Å²) in [4.78, 5) is 0. The van der Waals surface area contributed by atoms with E-state index in [1.807, 2.05) is 0 Å². The molecule has 0 fully saturated rings. The molecule has 1 nitrogen and oxygen atoms in total. The maximum absolute atomic E-state index is 3.65. The van der Waals surface area contributed by atoms with E-state index in [0.29, 0.717) is 11.5 Å². The van der Waals surface area contributed by atoms with Crippen molar-refractivity contribution >= 4 is 0 Å². The van der Waals surface area contributed by atoms with Crippen LogP contribution in [0.15, 0.2) is 18.2 Å². The number of nitrogens with one attached hydrogen (secondary N) is 1. The van der Waals surface area contributed by atoms with Gasteiger partial charge in [0, 0.05) is 6.04 Å². The number of hydrogen-bond donors (Lipinski definition) is 1. The van der Waals surface area contributed by atoms with Gasteiger partial charge in [0.2, 0.25) is 0 Å². The smallest absolute Gasteiger partial charge is 0.0325 e. The summed E-state index contributed by atoms with van der Waals surface area (Å²) in [5, 5.41) is 3.65. The Labute approximate surface area is 113 Å². The van der Waals surface area contributed by atoms with Gasteiger partial charge in [0.25, 0.3) is 0 Å². The van der Waals surface area contributed by atoms with Gasteiger partial charge in [-0.3, -0.25) is 0 Å². The lowest BCUT2D eigenvalue weighted by Gasteiger charge is -2.26. The van der Waals surface area contributed by atoms with E-state index in [2.05, 4.69) is 65.1 Å². The van der Waals surface area contributed by atoms with Gasteiger partial charge in [-0.2, -0.15) is 0 Å². The zero-order valence-corrected chi connectivity index (χ0v) is 12.9. The molecular formula is C17H29N. The van der Waals surface area contributed by atoms with E-state index in [4.69, 9.17) is 0 Å². The number of rotatable bonds is 5. The predicted octanol–water partition coefficient (Wildman–Crippen LogP) is 4.78. The van der Waals surface area contributed by atoms with Crippen LogP contribution in [0, 0.1) is 19.3 Å². The van der Waals surface area contributed by atoms with Gasteiger partial charge in [0.1, 0.15) is 0 Å². The van der Waals surface area contributed by atoms with Crippen LogP contribution in [0.4, 0.5) is 0 Å². The van der Waals surface area contributed by atoms with Gasteiger partial charge in [-0.25, -0.2) is 0 Å². The van der Waals surface area contributed by atoms with Crippen molar-refractivity contribution < 1.29 is 0 Å². The zero-order valence-electron chi connectivity index (χ0n) is 12.9. The van der Waals surface area contributed by atoms with Crippen molar-refractivity contribution in [1.82, 2.24) is 5.32 Å². The summed E-state index contributed by atoms with van der Waals surface area (Å²) >= 11 is 0. The molecule has 1 heteroatoms. The first-order valence-corrected chi connectivity index (χ1v) is 7.14. The molecular weight excluding hydrogens is 218 g/mol. The quantitative estimate of drug-likeness (QED) is 0.789. The molecule has 1 aromatic rings. The van der Waals surface area contributed by atoms with Crippen LogP contribution in [-0.2, 0) is 0 Å². The third kappa shape index (κ3) is 4.45. The van der Waals surface area contributed by atoms with E-state index in [1.165, 1.54) is 29.5 Å². The predicted molar refractivity (Wildman–Crippen MR) is 81.0 cm³/mol. The average molecular weight is 247 g/mol. The monoisotopic (exact) mass is 247 g/mol. The highest BCUT2D eigenvalue weighted by Gasteiger charge is 2.18. The Bertz CT molecular complexity index is 353. The minimum atomic E-state index is 0.407. The van der Waals surface area contributed by atoms with Gasteiger partial charge in [0.05, 0.1) is 0 Å². The molecule has 0 spiro atoms. The molecule has 0 saturated carbocycles. The van der Waals surface area contributed by atoms with Crippen LogP contribution >= 0.6 is 0 Å². The van der Waals surface area contributed by atoms with Gasteiger partial charge in [-0.1, -0.05) is 45.9 Å². The lowest BCUT2D eigenvalue weighted by atomic mass is 9.85. The Morgan fingerprint density at radius 3 is 2.11 bits per heavy atom. The summed E-state index contributed by atoms with van der Waals surface area (Å²) in [5.41, 5.74) is 4.73. The third-order valence-electron chi connectivity index (χ3n) is 3.52. The average Bonchev–Trinajstić information content (AvgIpc) is 2.24. The highest BCUT2D eigenvalue weighted by atomic mass is 14.9. The van der Waals surface area contributed by atoms with E-state index >= 15 is 0 Å². The van der Waals surface area contributed by atoms with Crippen molar-refractivity contribution in [3.63, 3.8) is 0 Å². The minimum Gasteiger partial charge on any atom is -0.310 e. The fourth-order valence-corrected chi connectivity index (χ4v) is 2.55. The van der Waals surface area contributed by atoms with Crippen LogP contribution in [0.2, 0.25) is 0 Å². The molecule has 0 aliphatic heterocycles. The summed E-state index contributed by atoms with van der Waals surface area (Å²) in [6.45, 7) is 14.6. The number of aryl methyl sites for hydroxylation is 2. The molecule has 1 rings (SSSR count). The number of benzene rings is 1. The van der Waals surface area contributed by atoms with E-state index in [-0.39, 0.29) is 0 Å². The molecule has 1 unspecified atom stereocenters. The highest BCUT2D eigenvalue weighted by Crippen LogP contribution is 2.30. The second-order valence-corrected chi connectivity index (χ2v) is 6.52. The molecule has 1 atom stereocenters. The van der Waals surface area contributed by atoms with Crippen molar-refractivity contribution in [3.8, 4) is 0 Å². The normalized spacial score (nSPS) is 13.7. The van der Waals surface area contributed by atoms with Gasteiger partial charge in [-0.05, 0) is 55.3 Å². The van der Waals surface area contributed by atoms with Gasteiger partial charge in [0.15, 0.2) is 0 Å². The topological polar surface area (TPSA) is 12.0 Å². The fourth-order valence-electron chi connectivity index (χ4n) is 2.55. The maximum atomic E-state index is 3.65. The molecule has 102 valence electrons. The number of hydrogen-bond acceptors (Lipinski definition) is 1. The van der Waals surface area contributed by atoms with Crippen LogP contribution < -0.4 is 5.32 Å². The summed E-state index contributed by atoms with van der Waals surface area (Å²) < 4.78 is 0. The molecule has 0 heterocycles. The third-order valence-corrected chi connectivity index (χ3v) is 3.52. The summed E-state index contributed by atoms with van der Waals surface area (Å²) in [6.07, 6.45) is 2.46. The van der Waals surface area contributed by atoms with Crippen molar-refractivity contribution in [3.05, 3.63) is 34.9 Å². The summed E-state index contributed by atoms with van der Waals surface area (Å²) in [6, 6.07) is 7.10. The Morgan fingerprint density at radius 1 is 1.11 bits per heavy atom. The van der Waals surface area contributed by atoms with Crippen molar-refractivity contribution in [2.45, 2.75) is 60.4 Å². The molecule has 0 radical (unpaired) electrons. The van der Waals surface area contributed by atoms with Crippen LogP contribution in [0.5, 0.6) is 0 Å². The van der Waals surface area contributed by atoms with Crippen molar-refractivity contribution in [2.24, 2.45) is 5.41 Å². The Hall–Kier alpha value is -0.820. The summed E-state index contributed by atoms with van der Waals surface area (Å²) in [5.74, 6) is 0. The molecule has 1 aromatic carbocycles. The zero-order chi connectivity index (χ0) is 13.8. The Kier molecular flexibility index (Phi) is 5.40. The first kappa shape index (κ1) is 15.2. The van der Waals surface area contributed by atoms with Crippen LogP contribution in [0.1, 0.15) is 63.3 Å². The molecule has 0 aliphatic carbocycles. The second-order valence-electron chi connectivity index (χ2n) is 6.52. The largest absolute Gasteiger partial charge is 0.310 e.